The molecule has 1 amide bonds. The van der Waals surface area contributed by atoms with Crippen LogP contribution in [0.15, 0.2) is 40.2 Å². The Morgan fingerprint density at radius 2 is 1.89 bits per heavy atom. The molecule has 0 aliphatic carbocycles. The van der Waals surface area contributed by atoms with Crippen molar-refractivity contribution in [1.29, 1.82) is 0 Å². The minimum Gasteiger partial charge on any atom is -0.381 e. The van der Waals surface area contributed by atoms with Gasteiger partial charge in [-0.25, -0.2) is 0 Å². The van der Waals surface area contributed by atoms with E-state index < -0.39 is 23.7 Å². The van der Waals surface area contributed by atoms with Crippen LogP contribution >= 0.6 is 11.8 Å². The quantitative estimate of drug-likeness (QED) is 0.566. The van der Waals surface area contributed by atoms with Crippen molar-refractivity contribution >= 4 is 17.7 Å². The number of alkyl halides is 3. The molecule has 3 heterocycles. The van der Waals surface area contributed by atoms with E-state index in [-0.39, 0.29) is 22.4 Å². The van der Waals surface area contributed by atoms with Crippen LogP contribution in [-0.4, -0.2) is 42.0 Å². The molecule has 2 saturated heterocycles. The number of nitrogens with one attached hydrogen (secondary N) is 2. The van der Waals surface area contributed by atoms with E-state index in [2.05, 4.69) is 10.6 Å². The van der Waals surface area contributed by atoms with Gasteiger partial charge < -0.3 is 19.9 Å². The van der Waals surface area contributed by atoms with Crippen molar-refractivity contribution in [1.82, 2.24) is 15.2 Å². The number of rotatable bonds is 6. The number of benzene rings is 1. The van der Waals surface area contributed by atoms with E-state index in [1.165, 1.54) is 30.8 Å². The fourth-order valence-corrected chi connectivity index (χ4v) is 6.19. The van der Waals surface area contributed by atoms with Crippen LogP contribution in [0.25, 0.3) is 0 Å². The average molecular weight is 524 g/mol. The Hall–Kier alpha value is -2.30. The van der Waals surface area contributed by atoms with Crippen LogP contribution in [0.5, 0.6) is 0 Å². The van der Waals surface area contributed by atoms with Crippen LogP contribution < -0.4 is 16.2 Å². The fraction of sp³-hybridized carbons (Fsp3) is 0.538. The highest BCUT2D eigenvalue weighted by atomic mass is 32.2. The Bertz CT molecular complexity index is 1140. The summed E-state index contributed by atoms with van der Waals surface area (Å²) in [5, 5.41) is 6.48. The molecule has 0 radical (unpaired) electrons. The van der Waals surface area contributed by atoms with Crippen LogP contribution in [0, 0.1) is 6.92 Å². The lowest BCUT2D eigenvalue weighted by molar-refractivity contribution is -0.138. The van der Waals surface area contributed by atoms with Gasteiger partial charge in [-0.3, -0.25) is 9.59 Å². The molecule has 1 aromatic heterocycles. The van der Waals surface area contributed by atoms with E-state index in [1.54, 1.807) is 23.8 Å². The van der Waals surface area contributed by atoms with Gasteiger partial charge in [0.2, 0.25) is 0 Å². The van der Waals surface area contributed by atoms with Crippen molar-refractivity contribution in [3.63, 3.8) is 0 Å². The number of piperidine rings is 1. The molecule has 0 spiro atoms. The summed E-state index contributed by atoms with van der Waals surface area (Å²) >= 11 is 1.53. The molecule has 36 heavy (non-hydrogen) atoms. The summed E-state index contributed by atoms with van der Waals surface area (Å²) in [6, 6.07) is 4.84. The zero-order valence-corrected chi connectivity index (χ0v) is 21.3. The minimum atomic E-state index is -4.47. The number of carbonyl (C=O) groups is 1. The zero-order chi connectivity index (χ0) is 25.9. The summed E-state index contributed by atoms with van der Waals surface area (Å²) < 4.78 is 47.3. The van der Waals surface area contributed by atoms with Gasteiger partial charge in [0.1, 0.15) is 0 Å². The number of carbonyl (C=O) groups excluding carboxylic acids is 1. The summed E-state index contributed by atoms with van der Waals surface area (Å²) in [7, 11) is 0. The lowest BCUT2D eigenvalue weighted by atomic mass is 9.97. The molecule has 1 atom stereocenters. The molecule has 0 bridgehead atoms. The van der Waals surface area contributed by atoms with E-state index in [0.29, 0.717) is 42.1 Å². The Kier molecular flexibility index (Phi) is 8.47. The van der Waals surface area contributed by atoms with Crippen molar-refractivity contribution in [2.75, 3.05) is 26.3 Å². The summed E-state index contributed by atoms with van der Waals surface area (Å²) in [5.41, 5.74) is 0.00633. The normalized spacial score (nSPS) is 18.7. The van der Waals surface area contributed by atoms with E-state index in [1.807, 2.05) is 0 Å². The van der Waals surface area contributed by atoms with Crippen molar-refractivity contribution in [3.05, 3.63) is 63.1 Å². The highest BCUT2D eigenvalue weighted by Crippen LogP contribution is 2.35. The van der Waals surface area contributed by atoms with Gasteiger partial charge in [0.05, 0.1) is 17.2 Å². The molecular weight excluding hydrogens is 491 g/mol. The first-order valence-corrected chi connectivity index (χ1v) is 13.2. The second-order valence-corrected chi connectivity index (χ2v) is 10.8. The highest BCUT2D eigenvalue weighted by Gasteiger charge is 2.33. The number of hydrogen-bond donors (Lipinski definition) is 2. The average Bonchev–Trinajstić information content (AvgIpc) is 2.84. The van der Waals surface area contributed by atoms with Gasteiger partial charge in [-0.1, -0.05) is 12.1 Å². The first-order chi connectivity index (χ1) is 17.1. The largest absolute Gasteiger partial charge is 0.416 e. The summed E-state index contributed by atoms with van der Waals surface area (Å²) in [6.07, 6.45) is 0.372. The van der Waals surface area contributed by atoms with Gasteiger partial charge in [-0.15, -0.1) is 11.8 Å². The molecule has 2 aliphatic heterocycles. The van der Waals surface area contributed by atoms with E-state index in [9.17, 15) is 22.8 Å². The molecule has 2 aliphatic rings. The maximum Gasteiger partial charge on any atom is 0.416 e. The van der Waals surface area contributed by atoms with Crippen molar-refractivity contribution in [3.8, 4) is 0 Å². The van der Waals surface area contributed by atoms with E-state index in [0.717, 1.165) is 32.0 Å². The number of ether oxygens (including phenoxy) is 1. The number of thioether (sulfide) groups is 1. The number of pyridine rings is 1. The predicted molar refractivity (Wildman–Crippen MR) is 134 cm³/mol. The number of amides is 1. The minimum absolute atomic E-state index is 0.0566. The predicted octanol–water partition coefficient (Wildman–Crippen LogP) is 4.86. The SMILES string of the molecule is Cc1c([C@@H](C)NC(=O)c2cn(C3CCOCC3)c(=O)cc2SC2CCNCC2)cccc1C(F)(F)F. The van der Waals surface area contributed by atoms with Crippen LogP contribution in [-0.2, 0) is 10.9 Å². The number of nitrogens with zero attached hydrogens (tertiary/aromatic N) is 1. The summed E-state index contributed by atoms with van der Waals surface area (Å²) in [5.74, 6) is -0.406. The van der Waals surface area contributed by atoms with Crippen molar-refractivity contribution in [2.45, 2.75) is 67.9 Å². The lowest BCUT2D eigenvalue weighted by Crippen LogP contribution is -2.33. The Balaban J connectivity index is 1.64. The third-order valence-corrected chi connectivity index (χ3v) is 8.34. The first-order valence-electron chi connectivity index (χ1n) is 12.3. The molecule has 0 unspecified atom stereocenters. The summed E-state index contributed by atoms with van der Waals surface area (Å²) in [4.78, 5) is 27.2. The molecule has 196 valence electrons. The maximum atomic E-state index is 13.5. The molecule has 10 heteroatoms. The van der Waals surface area contributed by atoms with Gasteiger partial charge in [0.25, 0.3) is 11.5 Å². The Morgan fingerprint density at radius 1 is 1.19 bits per heavy atom. The van der Waals surface area contributed by atoms with Crippen LogP contribution in [0.4, 0.5) is 13.2 Å². The lowest BCUT2D eigenvalue weighted by Gasteiger charge is -2.27. The number of aromatic nitrogens is 1. The number of hydrogen-bond acceptors (Lipinski definition) is 5. The Morgan fingerprint density at radius 3 is 2.56 bits per heavy atom. The Labute approximate surface area is 213 Å². The van der Waals surface area contributed by atoms with Gasteiger partial charge in [-0.05, 0) is 69.8 Å². The third-order valence-electron chi connectivity index (χ3n) is 6.95. The van der Waals surface area contributed by atoms with E-state index in [4.69, 9.17) is 4.74 Å². The van der Waals surface area contributed by atoms with Gasteiger partial charge in [-0.2, -0.15) is 13.2 Å². The molecule has 0 saturated carbocycles. The molecule has 2 N–H and O–H groups in total. The standard InChI is InChI=1S/C26H32F3N3O3S/c1-16-20(4-3-5-22(16)26(27,28)29)17(2)31-25(34)21-15-32(18-8-12-35-13-9-18)24(33)14-23(21)36-19-6-10-30-11-7-19/h3-5,14-15,17-19,30H,6-13H2,1-2H3,(H,31,34)/t17-/m1/s1. The first kappa shape index (κ1) is 26.8. The maximum absolute atomic E-state index is 13.5. The van der Waals surface area contributed by atoms with Crippen LogP contribution in [0.3, 0.4) is 0 Å². The monoisotopic (exact) mass is 523 g/mol. The third kappa shape index (κ3) is 6.15. The molecule has 1 aromatic carbocycles. The second kappa shape index (κ2) is 11.4. The number of halogens is 3. The molecule has 2 aromatic rings. The van der Waals surface area contributed by atoms with Crippen LogP contribution in [0.2, 0.25) is 0 Å². The molecule has 4 rings (SSSR count). The fourth-order valence-electron chi connectivity index (χ4n) is 4.92. The second-order valence-electron chi connectivity index (χ2n) is 9.42. The highest BCUT2D eigenvalue weighted by molar-refractivity contribution is 8.00. The molecule has 6 nitrogen and oxygen atoms in total. The topological polar surface area (TPSA) is 72.4 Å². The van der Waals surface area contributed by atoms with Gasteiger partial charge in [0, 0.05) is 41.7 Å². The van der Waals surface area contributed by atoms with Crippen molar-refractivity contribution in [2.24, 2.45) is 0 Å². The molecule has 2 fully saturated rings. The zero-order valence-electron chi connectivity index (χ0n) is 20.5. The van der Waals surface area contributed by atoms with Crippen LogP contribution in [0.1, 0.15) is 71.7 Å². The summed E-state index contributed by atoms with van der Waals surface area (Å²) in [6.45, 7) is 5.96. The smallest absolute Gasteiger partial charge is 0.381 e. The molecular formula is C26H32F3N3O3S. The van der Waals surface area contributed by atoms with Gasteiger partial charge >= 0.3 is 6.18 Å². The van der Waals surface area contributed by atoms with Crippen molar-refractivity contribution < 1.29 is 22.7 Å². The van der Waals surface area contributed by atoms with Gasteiger partial charge in [0.15, 0.2) is 0 Å². The van der Waals surface area contributed by atoms with E-state index >= 15 is 0 Å².